The highest BCUT2D eigenvalue weighted by Gasteiger charge is 2.14. The van der Waals surface area contributed by atoms with Crippen molar-refractivity contribution in [3.05, 3.63) is 30.0 Å². The maximum Gasteiger partial charge on any atom is 0.153 e. The molecule has 0 bridgehead atoms. The summed E-state index contributed by atoms with van der Waals surface area (Å²) in [6.07, 6.45) is 1.53. The van der Waals surface area contributed by atoms with Crippen molar-refractivity contribution in [2.75, 3.05) is 5.73 Å². The second kappa shape index (κ2) is 2.28. The molecule has 0 saturated carbocycles. The molecule has 12 heavy (non-hydrogen) atoms. The fraction of sp³-hybridized carbons (Fsp3) is 0. The van der Waals surface area contributed by atoms with Gasteiger partial charge in [-0.2, -0.15) is 5.26 Å². The smallest absolute Gasteiger partial charge is 0.153 e. The largest absolute Gasteiger partial charge is 0.463 e. The zero-order valence-corrected chi connectivity index (χ0v) is 6.24. The Morgan fingerprint density at radius 2 is 2.33 bits per heavy atom. The number of nitrogens with two attached hydrogens (primary N) is 1. The molecule has 0 amide bonds. The Morgan fingerprint density at radius 3 is 3.08 bits per heavy atom. The number of anilines is 1. The second-order valence-corrected chi connectivity index (χ2v) is 2.48. The van der Waals surface area contributed by atoms with Crippen molar-refractivity contribution in [3.8, 4) is 17.4 Å². The average molecular weight is 158 g/mol. The van der Waals surface area contributed by atoms with E-state index in [4.69, 9.17) is 15.4 Å². The lowest BCUT2D eigenvalue weighted by molar-refractivity contribution is 0.566. The third-order valence-electron chi connectivity index (χ3n) is 1.74. The quantitative estimate of drug-likeness (QED) is 0.636. The number of nitrogen functional groups attached to an aromatic ring is 1. The maximum atomic E-state index is 8.72. The first-order valence-electron chi connectivity index (χ1n) is 3.48. The summed E-state index contributed by atoms with van der Waals surface area (Å²) >= 11 is 0. The summed E-state index contributed by atoms with van der Waals surface area (Å²) in [7, 11) is 0. The summed E-state index contributed by atoms with van der Waals surface area (Å²) in [4.78, 5) is 0. The highest BCUT2D eigenvalue weighted by atomic mass is 16.3. The van der Waals surface area contributed by atoms with Crippen LogP contribution >= 0.6 is 0 Å². The number of nitrogens with zero attached hydrogens (tertiary/aromatic N) is 1. The predicted octanol–water partition coefficient (Wildman–Crippen LogP) is 1.84. The van der Waals surface area contributed by atoms with Crippen molar-refractivity contribution in [1.82, 2.24) is 0 Å². The molecule has 0 radical (unpaired) electrons. The highest BCUT2D eigenvalue weighted by Crippen LogP contribution is 2.32. The maximum absolute atomic E-state index is 8.72. The lowest BCUT2D eigenvalue weighted by Crippen LogP contribution is -1.83. The molecule has 1 heterocycles. The van der Waals surface area contributed by atoms with Gasteiger partial charge in [0.25, 0.3) is 0 Å². The molecule has 3 nitrogen and oxygen atoms in total. The Kier molecular flexibility index (Phi) is 1.28. The molecular weight excluding hydrogens is 152 g/mol. The first-order valence-corrected chi connectivity index (χ1v) is 3.48. The molecule has 2 N–H and O–H groups in total. The van der Waals surface area contributed by atoms with Gasteiger partial charge in [0, 0.05) is 5.56 Å². The normalized spacial score (nSPS) is 9.92. The van der Waals surface area contributed by atoms with Crippen LogP contribution in [0.1, 0.15) is 5.56 Å². The van der Waals surface area contributed by atoms with E-state index in [1.807, 2.05) is 12.1 Å². The van der Waals surface area contributed by atoms with E-state index < -0.39 is 0 Å². The van der Waals surface area contributed by atoms with E-state index in [-0.39, 0.29) is 0 Å². The minimum atomic E-state index is 0.422. The van der Waals surface area contributed by atoms with Gasteiger partial charge in [-0.1, -0.05) is 0 Å². The van der Waals surface area contributed by atoms with Gasteiger partial charge in [-0.15, -0.1) is 0 Å². The number of fused-ring (bicyclic) bond motifs is 1. The Bertz CT molecular complexity index is 425. The lowest BCUT2D eigenvalue weighted by Gasteiger charge is -1.94. The summed E-state index contributed by atoms with van der Waals surface area (Å²) in [6, 6.07) is 7.36. The molecule has 0 unspecified atom stereocenters. The summed E-state index contributed by atoms with van der Waals surface area (Å²) in [5.74, 6) is 0.567. The van der Waals surface area contributed by atoms with Crippen LogP contribution in [0, 0.1) is 11.3 Å². The molecule has 1 aliphatic heterocycles. The topological polar surface area (TPSA) is 63.0 Å². The predicted molar refractivity (Wildman–Crippen MR) is 44.5 cm³/mol. The van der Waals surface area contributed by atoms with Gasteiger partial charge in [-0.05, 0) is 18.2 Å². The monoisotopic (exact) mass is 158 g/mol. The van der Waals surface area contributed by atoms with E-state index in [0.717, 1.165) is 5.56 Å². The van der Waals surface area contributed by atoms with Crippen LogP contribution in [0.4, 0.5) is 5.69 Å². The van der Waals surface area contributed by atoms with Crippen LogP contribution in [0.15, 0.2) is 28.9 Å². The molecule has 2 rings (SSSR count). The Hall–Kier alpha value is -1.95. The molecule has 0 saturated heterocycles. The van der Waals surface area contributed by atoms with Gasteiger partial charge in [-0.25, -0.2) is 0 Å². The van der Waals surface area contributed by atoms with Gasteiger partial charge in [0.05, 0.1) is 12.0 Å². The molecule has 0 aromatic carbocycles. The fourth-order valence-corrected chi connectivity index (χ4v) is 1.20. The van der Waals surface area contributed by atoms with Crippen LogP contribution in [-0.4, -0.2) is 0 Å². The number of hydrogen-bond donors (Lipinski definition) is 1. The van der Waals surface area contributed by atoms with E-state index in [9.17, 15) is 0 Å². The van der Waals surface area contributed by atoms with Gasteiger partial charge in [0.2, 0.25) is 0 Å². The molecule has 0 aromatic rings. The van der Waals surface area contributed by atoms with Crippen LogP contribution in [-0.2, 0) is 0 Å². The van der Waals surface area contributed by atoms with Crippen molar-refractivity contribution in [2.24, 2.45) is 0 Å². The zero-order valence-electron chi connectivity index (χ0n) is 6.24. The third kappa shape index (κ3) is 0.753. The zero-order chi connectivity index (χ0) is 8.55. The van der Waals surface area contributed by atoms with Gasteiger partial charge in [0.1, 0.15) is 11.6 Å². The van der Waals surface area contributed by atoms with Crippen LogP contribution in [0.3, 0.4) is 0 Å². The average Bonchev–Trinajstić information content (AvgIpc) is 2.40. The first-order chi connectivity index (χ1) is 5.83. The van der Waals surface area contributed by atoms with Crippen molar-refractivity contribution in [3.63, 3.8) is 0 Å². The first kappa shape index (κ1) is 6.74. The molecular formula is C9H6N2O. The van der Waals surface area contributed by atoms with Crippen molar-refractivity contribution >= 4 is 5.69 Å². The van der Waals surface area contributed by atoms with E-state index in [1.54, 1.807) is 12.1 Å². The van der Waals surface area contributed by atoms with Crippen molar-refractivity contribution in [2.45, 2.75) is 0 Å². The molecule has 0 atom stereocenters. The highest BCUT2D eigenvalue weighted by molar-refractivity contribution is 5.79. The summed E-state index contributed by atoms with van der Waals surface area (Å²) in [6.45, 7) is 0. The number of hydrogen-bond acceptors (Lipinski definition) is 3. The third-order valence-corrected chi connectivity index (χ3v) is 1.74. The Balaban J connectivity index is 2.82. The lowest BCUT2D eigenvalue weighted by atomic mass is 10.2. The van der Waals surface area contributed by atoms with Gasteiger partial charge >= 0.3 is 0 Å². The van der Waals surface area contributed by atoms with E-state index in [1.165, 1.54) is 6.26 Å². The van der Waals surface area contributed by atoms with E-state index in [0.29, 0.717) is 17.0 Å². The summed E-state index contributed by atoms with van der Waals surface area (Å²) in [5.41, 5.74) is 7.34. The summed E-state index contributed by atoms with van der Waals surface area (Å²) in [5, 5.41) is 8.72. The van der Waals surface area contributed by atoms with Crippen LogP contribution in [0.25, 0.3) is 11.3 Å². The number of nitriles is 1. The Labute approximate surface area is 69.4 Å². The second-order valence-electron chi connectivity index (χ2n) is 2.48. The van der Waals surface area contributed by atoms with Crippen LogP contribution in [0.5, 0.6) is 0 Å². The molecule has 58 valence electrons. The van der Waals surface area contributed by atoms with Gasteiger partial charge in [-0.3, -0.25) is 0 Å². The molecule has 0 spiro atoms. The van der Waals surface area contributed by atoms with Gasteiger partial charge in [0.15, 0.2) is 5.76 Å². The Morgan fingerprint density at radius 1 is 1.50 bits per heavy atom. The van der Waals surface area contributed by atoms with Gasteiger partial charge < -0.3 is 10.2 Å². The molecule has 3 heteroatoms. The van der Waals surface area contributed by atoms with E-state index >= 15 is 0 Å². The van der Waals surface area contributed by atoms with Crippen molar-refractivity contribution in [1.29, 1.82) is 5.26 Å². The van der Waals surface area contributed by atoms with Crippen LogP contribution in [0.2, 0.25) is 0 Å². The number of rotatable bonds is 0. The minimum Gasteiger partial charge on any atom is -0.463 e. The fourth-order valence-electron chi connectivity index (χ4n) is 1.20. The summed E-state index contributed by atoms with van der Waals surface area (Å²) < 4.78 is 5.15. The molecule has 1 aliphatic carbocycles. The van der Waals surface area contributed by atoms with Crippen molar-refractivity contribution < 1.29 is 4.42 Å². The molecule has 2 aliphatic rings. The molecule has 0 aromatic heterocycles. The molecule has 0 fully saturated rings. The minimum absolute atomic E-state index is 0.422. The SMILES string of the molecule is N#Cc1c(N)cc2cccoc1-2. The van der Waals surface area contributed by atoms with E-state index in [2.05, 4.69) is 0 Å². The standard InChI is InChI=1S/C9H6N2O/c10-5-7-8(11)4-6-2-1-3-12-9(6)7/h1-4H,11H2. The van der Waals surface area contributed by atoms with Crippen LogP contribution < -0.4 is 5.73 Å².